The number of ether oxygens (including phenoxy) is 1. The number of likely N-dealkylation sites (tertiary alicyclic amines) is 1. The third-order valence-electron chi connectivity index (χ3n) is 4.42. The highest BCUT2D eigenvalue weighted by Gasteiger charge is 2.31. The molecule has 3 heterocycles. The number of nitrogens with one attached hydrogen (secondary N) is 2. The number of nitrogens with zero attached hydrogens (tertiary/aromatic N) is 2. The highest BCUT2D eigenvalue weighted by molar-refractivity contribution is 5.92. The molecule has 24 heavy (non-hydrogen) atoms. The molecule has 2 saturated heterocycles. The predicted molar refractivity (Wildman–Crippen MR) is 85.6 cm³/mol. The molecule has 2 aliphatic rings. The van der Waals surface area contributed by atoms with E-state index in [0.717, 1.165) is 19.3 Å². The highest BCUT2D eigenvalue weighted by Crippen LogP contribution is 2.15. The number of carbonyl (C=O) groups is 2. The monoisotopic (exact) mass is 334 g/mol. The number of amides is 2. The molecular weight excluding hydrogens is 312 g/mol. The summed E-state index contributed by atoms with van der Waals surface area (Å²) in [6.45, 7) is 3.20. The van der Waals surface area contributed by atoms with Gasteiger partial charge in [0.15, 0.2) is 5.69 Å². The predicted octanol–water partition coefficient (Wildman–Crippen LogP) is -0.0219. The van der Waals surface area contributed by atoms with Gasteiger partial charge in [-0.15, -0.1) is 0 Å². The summed E-state index contributed by atoms with van der Waals surface area (Å²) in [6.07, 6.45) is 3.01. The summed E-state index contributed by atoms with van der Waals surface area (Å²) in [4.78, 5) is 38.0. The van der Waals surface area contributed by atoms with E-state index in [4.69, 9.17) is 4.74 Å². The van der Waals surface area contributed by atoms with Gasteiger partial charge < -0.3 is 15.0 Å². The normalized spacial score (nSPS) is 24.0. The van der Waals surface area contributed by atoms with Crippen LogP contribution in [0.25, 0.3) is 0 Å². The van der Waals surface area contributed by atoms with Crippen molar-refractivity contribution in [3.05, 3.63) is 27.7 Å². The fourth-order valence-electron chi connectivity index (χ4n) is 3.10. The van der Waals surface area contributed by atoms with E-state index in [1.165, 1.54) is 6.07 Å². The zero-order chi connectivity index (χ0) is 17.1. The molecular formula is C16H22N4O4. The molecule has 2 aliphatic heterocycles. The van der Waals surface area contributed by atoms with Crippen LogP contribution in [0.15, 0.2) is 10.9 Å². The fourth-order valence-corrected chi connectivity index (χ4v) is 3.10. The van der Waals surface area contributed by atoms with Gasteiger partial charge in [-0.25, -0.2) is 0 Å². The smallest absolute Gasteiger partial charge is 0.278 e. The molecule has 0 radical (unpaired) electrons. The molecule has 1 aromatic heterocycles. The summed E-state index contributed by atoms with van der Waals surface area (Å²) in [5, 5.41) is 9.44. The van der Waals surface area contributed by atoms with Crippen LogP contribution in [0.3, 0.4) is 0 Å². The number of hydrogen-bond acceptors (Lipinski definition) is 5. The molecule has 0 saturated carbocycles. The van der Waals surface area contributed by atoms with Crippen LogP contribution in [0.5, 0.6) is 0 Å². The van der Waals surface area contributed by atoms with Crippen LogP contribution < -0.4 is 10.7 Å². The Kier molecular flexibility index (Phi) is 4.94. The van der Waals surface area contributed by atoms with Crippen molar-refractivity contribution in [1.29, 1.82) is 0 Å². The van der Waals surface area contributed by atoms with Gasteiger partial charge in [-0.2, -0.15) is 5.10 Å². The molecule has 8 nitrogen and oxygen atoms in total. The minimum absolute atomic E-state index is 0.108. The summed E-state index contributed by atoms with van der Waals surface area (Å²) < 4.78 is 5.47. The summed E-state index contributed by atoms with van der Waals surface area (Å²) in [5.74, 6) is -0.512. The van der Waals surface area contributed by atoms with Crippen molar-refractivity contribution in [1.82, 2.24) is 20.4 Å². The first-order valence-corrected chi connectivity index (χ1v) is 8.32. The largest absolute Gasteiger partial charge is 0.368 e. The van der Waals surface area contributed by atoms with Crippen LogP contribution in [-0.4, -0.2) is 58.8 Å². The van der Waals surface area contributed by atoms with Crippen LogP contribution in [0, 0.1) is 6.92 Å². The molecule has 2 fully saturated rings. The minimum atomic E-state index is -0.401. The standard InChI is InChI=1S/C16H22N4O4/c1-10-8-12(21)14(19-18-10)16(23)20-6-5-11(9-20)17-15(22)13-4-2-3-7-24-13/h8,11,13H,2-7,9H2,1H3,(H,17,22)(H,18,21)/t11-,13?/m1/s1. The van der Waals surface area contributed by atoms with Crippen molar-refractivity contribution in [2.75, 3.05) is 19.7 Å². The third-order valence-corrected chi connectivity index (χ3v) is 4.42. The summed E-state index contributed by atoms with van der Waals surface area (Å²) in [7, 11) is 0. The van der Waals surface area contributed by atoms with Crippen molar-refractivity contribution >= 4 is 11.8 Å². The topological polar surface area (TPSA) is 104 Å². The molecule has 2 atom stereocenters. The Morgan fingerprint density at radius 3 is 2.92 bits per heavy atom. The SMILES string of the molecule is Cc1cc(=O)c(C(=O)N2CC[C@@H](NC(=O)C3CCCCO3)C2)n[nH]1. The number of aromatic nitrogens is 2. The van der Waals surface area contributed by atoms with Crippen LogP contribution in [0.1, 0.15) is 41.9 Å². The number of aromatic amines is 1. The molecule has 1 aromatic rings. The van der Waals surface area contributed by atoms with E-state index in [1.54, 1.807) is 11.8 Å². The van der Waals surface area contributed by atoms with Crippen molar-refractivity contribution in [3.8, 4) is 0 Å². The van der Waals surface area contributed by atoms with Crippen LogP contribution in [-0.2, 0) is 9.53 Å². The second-order valence-corrected chi connectivity index (χ2v) is 6.36. The molecule has 0 bridgehead atoms. The van der Waals surface area contributed by atoms with Crippen molar-refractivity contribution in [3.63, 3.8) is 0 Å². The summed E-state index contributed by atoms with van der Waals surface area (Å²) in [5.41, 5.74) is 0.109. The first-order chi connectivity index (χ1) is 11.5. The summed E-state index contributed by atoms with van der Waals surface area (Å²) in [6, 6.07) is 1.24. The van der Waals surface area contributed by atoms with Gasteiger partial charge >= 0.3 is 0 Å². The first kappa shape index (κ1) is 16.6. The Balaban J connectivity index is 1.57. The minimum Gasteiger partial charge on any atom is -0.368 e. The molecule has 0 aromatic carbocycles. The van der Waals surface area contributed by atoms with E-state index < -0.39 is 5.91 Å². The second kappa shape index (κ2) is 7.12. The Morgan fingerprint density at radius 1 is 1.38 bits per heavy atom. The maximum atomic E-state index is 12.4. The average Bonchev–Trinajstić information content (AvgIpc) is 3.03. The van der Waals surface area contributed by atoms with Gasteiger partial charge in [0.1, 0.15) is 6.10 Å². The van der Waals surface area contributed by atoms with Gasteiger partial charge in [-0.05, 0) is 32.6 Å². The zero-order valence-electron chi connectivity index (χ0n) is 13.7. The van der Waals surface area contributed by atoms with Gasteiger partial charge in [0.05, 0.1) is 0 Å². The van der Waals surface area contributed by atoms with E-state index in [2.05, 4.69) is 15.5 Å². The molecule has 1 unspecified atom stereocenters. The molecule has 0 aliphatic carbocycles. The molecule has 8 heteroatoms. The lowest BCUT2D eigenvalue weighted by atomic mass is 10.1. The van der Waals surface area contributed by atoms with E-state index in [1.807, 2.05) is 0 Å². The Labute approximate surface area is 139 Å². The van der Waals surface area contributed by atoms with E-state index in [9.17, 15) is 14.4 Å². The molecule has 2 N–H and O–H groups in total. The van der Waals surface area contributed by atoms with Crippen molar-refractivity contribution < 1.29 is 14.3 Å². The molecule has 3 rings (SSSR count). The lowest BCUT2D eigenvalue weighted by molar-refractivity contribution is -0.136. The number of carbonyl (C=O) groups excluding carboxylic acids is 2. The van der Waals surface area contributed by atoms with Crippen LogP contribution in [0.4, 0.5) is 0 Å². The first-order valence-electron chi connectivity index (χ1n) is 8.32. The number of H-pyrrole nitrogens is 1. The number of hydrogen-bond donors (Lipinski definition) is 2. The molecule has 130 valence electrons. The zero-order valence-corrected chi connectivity index (χ0v) is 13.7. The highest BCUT2D eigenvalue weighted by atomic mass is 16.5. The van der Waals surface area contributed by atoms with Gasteiger partial charge in [0.25, 0.3) is 5.91 Å². The summed E-state index contributed by atoms with van der Waals surface area (Å²) >= 11 is 0. The Bertz CT molecular complexity index is 681. The lowest BCUT2D eigenvalue weighted by Gasteiger charge is -2.23. The van der Waals surface area contributed by atoms with Gasteiger partial charge in [0, 0.05) is 37.5 Å². The van der Waals surface area contributed by atoms with Crippen LogP contribution >= 0.6 is 0 Å². The fraction of sp³-hybridized carbons (Fsp3) is 0.625. The second-order valence-electron chi connectivity index (χ2n) is 6.36. The average molecular weight is 334 g/mol. The third kappa shape index (κ3) is 3.64. The van der Waals surface area contributed by atoms with Gasteiger partial charge in [0.2, 0.25) is 11.3 Å². The van der Waals surface area contributed by atoms with E-state index >= 15 is 0 Å². The van der Waals surface area contributed by atoms with Crippen molar-refractivity contribution in [2.45, 2.75) is 44.8 Å². The van der Waals surface area contributed by atoms with E-state index in [-0.39, 0.29) is 29.2 Å². The lowest BCUT2D eigenvalue weighted by Crippen LogP contribution is -2.45. The maximum absolute atomic E-state index is 12.4. The molecule has 2 amide bonds. The van der Waals surface area contributed by atoms with E-state index in [0.29, 0.717) is 31.8 Å². The van der Waals surface area contributed by atoms with Crippen molar-refractivity contribution in [2.24, 2.45) is 0 Å². The molecule has 0 spiro atoms. The number of rotatable bonds is 3. The maximum Gasteiger partial charge on any atom is 0.278 e. The van der Waals surface area contributed by atoms with Gasteiger partial charge in [-0.1, -0.05) is 0 Å². The Morgan fingerprint density at radius 2 is 2.21 bits per heavy atom. The quantitative estimate of drug-likeness (QED) is 0.808. The number of aryl methyl sites for hydroxylation is 1. The Hall–Kier alpha value is -2.22. The van der Waals surface area contributed by atoms with Crippen LogP contribution in [0.2, 0.25) is 0 Å². The van der Waals surface area contributed by atoms with Gasteiger partial charge in [-0.3, -0.25) is 19.5 Å².